The summed E-state index contributed by atoms with van der Waals surface area (Å²) in [5.74, 6) is 0. The van der Waals surface area contributed by atoms with Gasteiger partial charge in [-0.15, -0.1) is 0 Å². The van der Waals surface area contributed by atoms with Crippen LogP contribution in [0.4, 0.5) is 5.69 Å². The van der Waals surface area contributed by atoms with E-state index in [4.69, 9.17) is 34.8 Å². The Balaban J connectivity index is 2.07. The van der Waals surface area contributed by atoms with Gasteiger partial charge in [0.25, 0.3) is 0 Å². The Kier molecular flexibility index (Phi) is 4.11. The molecule has 5 heteroatoms. The quantitative estimate of drug-likeness (QED) is 0.831. The van der Waals surface area contributed by atoms with Crippen LogP contribution in [-0.2, 0) is 6.54 Å². The van der Waals surface area contributed by atoms with E-state index in [2.05, 4.69) is 10.3 Å². The van der Waals surface area contributed by atoms with E-state index in [0.717, 1.165) is 11.3 Å². The summed E-state index contributed by atoms with van der Waals surface area (Å²) in [5, 5.41) is 4.94. The molecule has 1 aromatic carbocycles. The van der Waals surface area contributed by atoms with Crippen molar-refractivity contribution in [1.82, 2.24) is 4.98 Å². The molecule has 88 valence electrons. The zero-order valence-electron chi connectivity index (χ0n) is 8.75. The summed E-state index contributed by atoms with van der Waals surface area (Å²) in [6.45, 7) is 0.607. The Morgan fingerprint density at radius 1 is 1.06 bits per heavy atom. The van der Waals surface area contributed by atoms with Gasteiger partial charge in [-0.25, -0.2) is 4.98 Å². The van der Waals surface area contributed by atoms with E-state index in [-0.39, 0.29) is 0 Å². The van der Waals surface area contributed by atoms with Crippen LogP contribution in [-0.4, -0.2) is 4.98 Å². The predicted molar refractivity (Wildman–Crippen MR) is 73.0 cm³/mol. The van der Waals surface area contributed by atoms with Crippen LogP contribution in [0, 0.1) is 0 Å². The lowest BCUT2D eigenvalue weighted by Crippen LogP contribution is -2.00. The molecule has 0 fully saturated rings. The SMILES string of the molecule is Clc1ccc(CNc2ccnc(Cl)c2)c(Cl)c1. The van der Waals surface area contributed by atoms with Gasteiger partial charge in [0.1, 0.15) is 5.15 Å². The lowest BCUT2D eigenvalue weighted by atomic mass is 10.2. The molecule has 17 heavy (non-hydrogen) atoms. The monoisotopic (exact) mass is 286 g/mol. The average Bonchev–Trinajstić information content (AvgIpc) is 2.28. The lowest BCUT2D eigenvalue weighted by molar-refractivity contribution is 1.14. The maximum Gasteiger partial charge on any atom is 0.131 e. The number of pyridine rings is 1. The van der Waals surface area contributed by atoms with E-state index >= 15 is 0 Å². The summed E-state index contributed by atoms with van der Waals surface area (Å²) in [5.41, 5.74) is 1.88. The average molecular weight is 288 g/mol. The Morgan fingerprint density at radius 3 is 2.59 bits per heavy atom. The summed E-state index contributed by atoms with van der Waals surface area (Å²) in [6.07, 6.45) is 1.65. The minimum Gasteiger partial charge on any atom is -0.381 e. The molecule has 0 aliphatic carbocycles. The first kappa shape index (κ1) is 12.5. The summed E-state index contributed by atoms with van der Waals surface area (Å²) < 4.78 is 0. The molecule has 0 saturated carbocycles. The van der Waals surface area contributed by atoms with E-state index in [1.54, 1.807) is 18.3 Å². The van der Waals surface area contributed by atoms with Crippen LogP contribution in [0.25, 0.3) is 0 Å². The van der Waals surface area contributed by atoms with Crippen molar-refractivity contribution < 1.29 is 0 Å². The Labute approximate surface area is 115 Å². The molecule has 0 spiro atoms. The van der Waals surface area contributed by atoms with Gasteiger partial charge < -0.3 is 5.32 Å². The van der Waals surface area contributed by atoms with E-state index in [9.17, 15) is 0 Å². The van der Waals surface area contributed by atoms with Crippen molar-refractivity contribution in [3.8, 4) is 0 Å². The summed E-state index contributed by atoms with van der Waals surface area (Å²) >= 11 is 17.7. The highest BCUT2D eigenvalue weighted by Crippen LogP contribution is 2.22. The number of nitrogens with one attached hydrogen (secondary N) is 1. The number of aromatic nitrogens is 1. The Morgan fingerprint density at radius 2 is 1.88 bits per heavy atom. The summed E-state index contributed by atoms with van der Waals surface area (Å²) in [4.78, 5) is 3.91. The van der Waals surface area contributed by atoms with Crippen LogP contribution < -0.4 is 5.32 Å². The molecular weight excluding hydrogens is 279 g/mol. The summed E-state index contributed by atoms with van der Waals surface area (Å²) in [6, 6.07) is 9.02. The van der Waals surface area contributed by atoms with Gasteiger partial charge in [0, 0.05) is 28.5 Å². The number of benzene rings is 1. The van der Waals surface area contributed by atoms with Gasteiger partial charge >= 0.3 is 0 Å². The number of halogens is 3. The second kappa shape index (κ2) is 5.58. The molecule has 0 saturated heterocycles. The molecule has 0 atom stereocenters. The number of hydrogen-bond acceptors (Lipinski definition) is 2. The highest BCUT2D eigenvalue weighted by molar-refractivity contribution is 6.35. The van der Waals surface area contributed by atoms with Crippen molar-refractivity contribution in [3.63, 3.8) is 0 Å². The van der Waals surface area contributed by atoms with Gasteiger partial charge in [0.15, 0.2) is 0 Å². The van der Waals surface area contributed by atoms with Crippen molar-refractivity contribution >= 4 is 40.5 Å². The third-order valence-electron chi connectivity index (χ3n) is 2.22. The minimum absolute atomic E-state index is 0.456. The lowest BCUT2D eigenvalue weighted by Gasteiger charge is -2.08. The van der Waals surface area contributed by atoms with Crippen LogP contribution >= 0.6 is 34.8 Å². The second-order valence-electron chi connectivity index (χ2n) is 3.46. The molecular formula is C12H9Cl3N2. The van der Waals surface area contributed by atoms with Crippen LogP contribution in [0.5, 0.6) is 0 Å². The van der Waals surface area contributed by atoms with E-state index in [1.807, 2.05) is 18.2 Å². The second-order valence-corrected chi connectivity index (χ2v) is 4.69. The zero-order valence-corrected chi connectivity index (χ0v) is 11.0. The predicted octanol–water partition coefficient (Wildman–Crippen LogP) is 4.65. The van der Waals surface area contributed by atoms with Gasteiger partial charge in [0.05, 0.1) is 0 Å². The Bertz CT molecular complexity index is 529. The molecule has 0 amide bonds. The van der Waals surface area contributed by atoms with E-state index in [1.165, 1.54) is 0 Å². The Hall–Kier alpha value is -0.960. The topological polar surface area (TPSA) is 24.9 Å². The van der Waals surface area contributed by atoms with Crippen LogP contribution in [0.1, 0.15) is 5.56 Å². The molecule has 0 aliphatic rings. The van der Waals surface area contributed by atoms with Crippen molar-refractivity contribution in [1.29, 1.82) is 0 Å². The molecule has 0 radical (unpaired) electrons. The maximum atomic E-state index is 6.06. The fourth-order valence-corrected chi connectivity index (χ4v) is 2.02. The smallest absolute Gasteiger partial charge is 0.131 e. The summed E-state index contributed by atoms with van der Waals surface area (Å²) in [7, 11) is 0. The highest BCUT2D eigenvalue weighted by atomic mass is 35.5. The molecule has 0 bridgehead atoms. The molecule has 2 rings (SSSR count). The number of hydrogen-bond donors (Lipinski definition) is 1. The highest BCUT2D eigenvalue weighted by Gasteiger charge is 2.01. The molecule has 1 aromatic heterocycles. The van der Waals surface area contributed by atoms with Crippen molar-refractivity contribution in [3.05, 3.63) is 57.3 Å². The normalized spacial score (nSPS) is 10.3. The minimum atomic E-state index is 0.456. The molecule has 2 aromatic rings. The van der Waals surface area contributed by atoms with Crippen LogP contribution in [0.2, 0.25) is 15.2 Å². The zero-order chi connectivity index (χ0) is 12.3. The maximum absolute atomic E-state index is 6.06. The molecule has 0 unspecified atom stereocenters. The molecule has 1 heterocycles. The molecule has 0 aliphatic heterocycles. The standard InChI is InChI=1S/C12H9Cl3N2/c13-9-2-1-8(11(14)5-9)7-17-10-3-4-16-12(15)6-10/h1-6H,7H2,(H,16,17). The van der Waals surface area contributed by atoms with Crippen molar-refractivity contribution in [2.24, 2.45) is 0 Å². The largest absolute Gasteiger partial charge is 0.381 e. The van der Waals surface area contributed by atoms with Crippen LogP contribution in [0.15, 0.2) is 36.5 Å². The first-order valence-electron chi connectivity index (χ1n) is 4.94. The van der Waals surface area contributed by atoms with Crippen molar-refractivity contribution in [2.75, 3.05) is 5.32 Å². The van der Waals surface area contributed by atoms with Gasteiger partial charge in [-0.2, -0.15) is 0 Å². The van der Waals surface area contributed by atoms with Crippen molar-refractivity contribution in [2.45, 2.75) is 6.54 Å². The van der Waals surface area contributed by atoms with E-state index in [0.29, 0.717) is 21.7 Å². The first-order chi connectivity index (χ1) is 8.15. The third-order valence-corrected chi connectivity index (χ3v) is 3.02. The molecule has 2 nitrogen and oxygen atoms in total. The fourth-order valence-electron chi connectivity index (χ4n) is 1.37. The first-order valence-corrected chi connectivity index (χ1v) is 6.08. The number of nitrogens with zero attached hydrogens (tertiary/aromatic N) is 1. The number of rotatable bonds is 3. The van der Waals surface area contributed by atoms with E-state index < -0.39 is 0 Å². The fraction of sp³-hybridized carbons (Fsp3) is 0.0833. The molecule has 1 N–H and O–H groups in total. The third kappa shape index (κ3) is 3.50. The van der Waals surface area contributed by atoms with Crippen LogP contribution in [0.3, 0.4) is 0 Å². The van der Waals surface area contributed by atoms with Gasteiger partial charge in [-0.3, -0.25) is 0 Å². The van der Waals surface area contributed by atoms with Gasteiger partial charge in [0.2, 0.25) is 0 Å². The number of anilines is 1. The van der Waals surface area contributed by atoms with Gasteiger partial charge in [-0.1, -0.05) is 40.9 Å². The van der Waals surface area contributed by atoms with Gasteiger partial charge in [-0.05, 0) is 29.8 Å².